The number of hydrogen-bond acceptors (Lipinski definition) is 4. The molecule has 4 nitrogen and oxygen atoms in total. The van der Waals surface area contributed by atoms with Crippen LogP contribution in [0.3, 0.4) is 0 Å². The van der Waals surface area contributed by atoms with Gasteiger partial charge in [0.15, 0.2) is 0 Å². The first-order valence-corrected chi connectivity index (χ1v) is 5.60. The van der Waals surface area contributed by atoms with Crippen LogP contribution in [0.25, 0.3) is 0 Å². The number of nitrogens with zero attached hydrogens (tertiary/aromatic N) is 1. The second kappa shape index (κ2) is 6.03. The van der Waals surface area contributed by atoms with Gasteiger partial charge in [0.1, 0.15) is 5.82 Å². The lowest BCUT2D eigenvalue weighted by Gasteiger charge is -2.24. The van der Waals surface area contributed by atoms with Crippen LogP contribution in [0.4, 0.5) is 15.8 Å². The molecule has 0 amide bonds. The first-order valence-electron chi connectivity index (χ1n) is 4.81. The summed E-state index contributed by atoms with van der Waals surface area (Å²) in [5.74, 6) is -0.426. The van der Waals surface area contributed by atoms with Crippen LogP contribution >= 0.6 is 15.9 Å². The highest BCUT2D eigenvalue weighted by Crippen LogP contribution is 2.29. The second-order valence-electron chi connectivity index (χ2n) is 3.26. The summed E-state index contributed by atoms with van der Waals surface area (Å²) >= 11 is 3.03. The van der Waals surface area contributed by atoms with Crippen LogP contribution in [0.2, 0.25) is 0 Å². The highest BCUT2D eigenvalue weighted by Gasteiger charge is 2.12. The van der Waals surface area contributed by atoms with Crippen LogP contribution in [0.15, 0.2) is 16.6 Å². The maximum atomic E-state index is 13.3. The maximum absolute atomic E-state index is 13.3. The largest absolute Gasteiger partial charge is 0.397 e. The molecule has 0 saturated carbocycles. The van der Waals surface area contributed by atoms with Crippen molar-refractivity contribution in [3.8, 4) is 0 Å². The maximum Gasteiger partial charge on any atom is 0.139 e. The van der Waals surface area contributed by atoms with Crippen molar-refractivity contribution in [3.63, 3.8) is 0 Å². The Labute approximate surface area is 102 Å². The van der Waals surface area contributed by atoms with Gasteiger partial charge in [-0.25, -0.2) is 4.39 Å². The summed E-state index contributed by atoms with van der Waals surface area (Å²) in [6, 6.07) is 2.75. The van der Waals surface area contributed by atoms with Crippen LogP contribution in [-0.2, 0) is 0 Å². The van der Waals surface area contributed by atoms with Gasteiger partial charge in [-0.15, -0.1) is 0 Å². The Morgan fingerprint density at radius 1 is 1.25 bits per heavy atom. The average molecular weight is 293 g/mol. The lowest BCUT2D eigenvalue weighted by Crippen LogP contribution is -2.30. The smallest absolute Gasteiger partial charge is 0.139 e. The Kier molecular flexibility index (Phi) is 4.98. The Bertz CT molecular complexity index is 357. The fourth-order valence-corrected chi connectivity index (χ4v) is 1.78. The lowest BCUT2D eigenvalue weighted by atomic mass is 10.2. The molecular weight excluding hydrogens is 279 g/mol. The van der Waals surface area contributed by atoms with Crippen LogP contribution < -0.4 is 10.6 Å². The lowest BCUT2D eigenvalue weighted by molar-refractivity contribution is 0.281. The molecule has 0 aliphatic rings. The van der Waals surface area contributed by atoms with E-state index >= 15 is 0 Å². The minimum Gasteiger partial charge on any atom is -0.397 e. The summed E-state index contributed by atoms with van der Waals surface area (Å²) in [5.41, 5.74) is 6.62. The molecule has 6 heteroatoms. The number of benzene rings is 1. The molecule has 0 fully saturated rings. The number of halogens is 2. The number of aliphatic hydroxyl groups excluding tert-OH is 2. The fraction of sp³-hybridized carbons (Fsp3) is 0.400. The normalized spacial score (nSPS) is 10.5. The predicted octanol–water partition coefficient (Wildman–Crippen LogP) is 0.961. The number of nitrogen functional groups attached to an aromatic ring is 1. The third-order valence-electron chi connectivity index (χ3n) is 2.15. The molecule has 0 aliphatic carbocycles. The van der Waals surface area contributed by atoms with E-state index in [0.29, 0.717) is 28.9 Å². The molecule has 1 aromatic carbocycles. The van der Waals surface area contributed by atoms with Crippen molar-refractivity contribution in [1.29, 1.82) is 0 Å². The average Bonchev–Trinajstić information content (AvgIpc) is 2.23. The molecule has 0 bridgehead atoms. The minimum atomic E-state index is -0.426. The molecule has 0 atom stereocenters. The van der Waals surface area contributed by atoms with Gasteiger partial charge in [-0.2, -0.15) is 0 Å². The Balaban J connectivity index is 3.03. The van der Waals surface area contributed by atoms with Crippen LogP contribution in [0.1, 0.15) is 0 Å². The SMILES string of the molecule is Nc1cc(Br)c(F)cc1N(CCO)CCO. The summed E-state index contributed by atoms with van der Waals surface area (Å²) < 4.78 is 13.6. The summed E-state index contributed by atoms with van der Waals surface area (Å²) in [4.78, 5) is 1.63. The zero-order valence-corrected chi connectivity index (χ0v) is 10.2. The van der Waals surface area contributed by atoms with E-state index in [2.05, 4.69) is 15.9 Å². The number of rotatable bonds is 5. The summed E-state index contributed by atoms with van der Waals surface area (Å²) in [7, 11) is 0. The van der Waals surface area contributed by atoms with Gasteiger partial charge in [-0.3, -0.25) is 0 Å². The Morgan fingerprint density at radius 3 is 2.31 bits per heavy atom. The van der Waals surface area contributed by atoms with Gasteiger partial charge >= 0.3 is 0 Å². The molecule has 0 spiro atoms. The highest BCUT2D eigenvalue weighted by molar-refractivity contribution is 9.10. The quantitative estimate of drug-likeness (QED) is 0.707. The fourth-order valence-electron chi connectivity index (χ4n) is 1.42. The van der Waals surface area contributed by atoms with Gasteiger partial charge < -0.3 is 20.8 Å². The van der Waals surface area contributed by atoms with E-state index in [9.17, 15) is 4.39 Å². The van der Waals surface area contributed by atoms with Crippen molar-refractivity contribution in [1.82, 2.24) is 0 Å². The van der Waals surface area contributed by atoms with Crippen molar-refractivity contribution >= 4 is 27.3 Å². The van der Waals surface area contributed by atoms with Crippen molar-refractivity contribution in [2.45, 2.75) is 0 Å². The number of hydrogen-bond donors (Lipinski definition) is 3. The third-order valence-corrected chi connectivity index (χ3v) is 2.76. The number of nitrogens with two attached hydrogens (primary N) is 1. The van der Waals surface area contributed by atoms with Gasteiger partial charge in [0.05, 0.1) is 29.1 Å². The van der Waals surface area contributed by atoms with Crippen LogP contribution in [0.5, 0.6) is 0 Å². The first-order chi connectivity index (χ1) is 7.60. The summed E-state index contributed by atoms with van der Waals surface area (Å²) in [6.45, 7) is 0.423. The van der Waals surface area contributed by atoms with Gasteiger partial charge in [-0.1, -0.05) is 0 Å². The molecule has 90 valence electrons. The summed E-state index contributed by atoms with van der Waals surface area (Å²) in [6.07, 6.45) is 0. The van der Waals surface area contributed by atoms with Crippen molar-refractivity contribution in [2.24, 2.45) is 0 Å². The van der Waals surface area contributed by atoms with E-state index in [1.807, 2.05) is 0 Å². The molecule has 16 heavy (non-hydrogen) atoms. The number of aliphatic hydroxyl groups is 2. The minimum absolute atomic E-state index is 0.0862. The monoisotopic (exact) mass is 292 g/mol. The van der Waals surface area contributed by atoms with E-state index in [1.54, 1.807) is 4.90 Å². The summed E-state index contributed by atoms with van der Waals surface area (Å²) in [5, 5.41) is 17.7. The zero-order valence-electron chi connectivity index (χ0n) is 8.66. The standard InChI is InChI=1S/C10H14BrFN2O2/c11-7-5-9(13)10(6-8(7)12)14(1-3-15)2-4-16/h5-6,15-16H,1-4,13H2. The predicted molar refractivity (Wildman–Crippen MR) is 64.9 cm³/mol. The van der Waals surface area contributed by atoms with Crippen LogP contribution in [0, 0.1) is 5.82 Å². The first kappa shape index (κ1) is 13.2. The van der Waals surface area contributed by atoms with Gasteiger partial charge in [-0.05, 0) is 22.0 Å². The van der Waals surface area contributed by atoms with Crippen molar-refractivity contribution in [3.05, 3.63) is 22.4 Å². The molecule has 0 radical (unpaired) electrons. The molecule has 0 heterocycles. The van der Waals surface area contributed by atoms with E-state index in [-0.39, 0.29) is 13.2 Å². The molecule has 0 aliphatic heterocycles. The van der Waals surface area contributed by atoms with Crippen molar-refractivity contribution < 1.29 is 14.6 Å². The van der Waals surface area contributed by atoms with E-state index in [0.717, 1.165) is 0 Å². The van der Waals surface area contributed by atoms with E-state index < -0.39 is 5.82 Å². The zero-order chi connectivity index (χ0) is 12.1. The second-order valence-corrected chi connectivity index (χ2v) is 4.11. The Hall–Kier alpha value is -0.850. The molecule has 1 aromatic rings. The molecule has 0 saturated heterocycles. The number of anilines is 2. The molecule has 4 N–H and O–H groups in total. The van der Waals surface area contributed by atoms with E-state index in [1.165, 1.54) is 12.1 Å². The van der Waals surface area contributed by atoms with Gasteiger partial charge in [0.25, 0.3) is 0 Å². The highest BCUT2D eigenvalue weighted by atomic mass is 79.9. The van der Waals surface area contributed by atoms with E-state index in [4.69, 9.17) is 15.9 Å². The Morgan fingerprint density at radius 2 is 1.81 bits per heavy atom. The van der Waals surface area contributed by atoms with Gasteiger partial charge in [0, 0.05) is 19.2 Å². The molecular formula is C10H14BrFN2O2. The molecule has 0 aromatic heterocycles. The molecule has 0 unspecified atom stereocenters. The van der Waals surface area contributed by atoms with Crippen LogP contribution in [-0.4, -0.2) is 36.5 Å². The topological polar surface area (TPSA) is 69.7 Å². The third kappa shape index (κ3) is 3.07. The molecule has 1 rings (SSSR count). The van der Waals surface area contributed by atoms with Gasteiger partial charge in [0.2, 0.25) is 0 Å². The van der Waals surface area contributed by atoms with Crippen molar-refractivity contribution in [2.75, 3.05) is 36.9 Å².